The minimum absolute atomic E-state index is 0.0145. The van der Waals surface area contributed by atoms with Crippen LogP contribution in [0.2, 0.25) is 0 Å². The Bertz CT molecular complexity index is 1460. The van der Waals surface area contributed by atoms with Gasteiger partial charge in [-0.2, -0.15) is 4.98 Å². The molecule has 2 aromatic heterocycles. The summed E-state index contributed by atoms with van der Waals surface area (Å²) >= 11 is 1.38. The molecule has 0 saturated carbocycles. The number of nitrogens with zero attached hydrogens (tertiary/aromatic N) is 4. The summed E-state index contributed by atoms with van der Waals surface area (Å²) in [4.78, 5) is 39.4. The molecule has 5 rings (SSSR count). The fourth-order valence-corrected chi connectivity index (χ4v) is 5.42. The molecule has 4 N–H and O–H groups in total. The molecule has 2 amide bonds. The quantitative estimate of drug-likeness (QED) is 0.236. The number of nitrogen functional groups attached to an aromatic ring is 1. The molecule has 4 aromatic rings. The summed E-state index contributed by atoms with van der Waals surface area (Å²) in [6.07, 6.45) is -0.208. The van der Waals surface area contributed by atoms with Crippen LogP contribution < -0.4 is 11.1 Å². The first-order valence-corrected chi connectivity index (χ1v) is 14.6. The van der Waals surface area contributed by atoms with Gasteiger partial charge in [-0.3, -0.25) is 14.7 Å². The molecular formula is C29H34N6O6S. The molecule has 222 valence electrons. The third kappa shape index (κ3) is 7.42. The van der Waals surface area contributed by atoms with E-state index in [1.807, 2.05) is 37.3 Å². The lowest BCUT2D eigenvalue weighted by Crippen LogP contribution is -2.57. The third-order valence-corrected chi connectivity index (χ3v) is 7.97. The van der Waals surface area contributed by atoms with Gasteiger partial charge in [0.2, 0.25) is 0 Å². The number of benzene rings is 2. The Labute approximate surface area is 247 Å². The number of morpholine rings is 1. The minimum atomic E-state index is -1.13. The van der Waals surface area contributed by atoms with E-state index >= 15 is 0 Å². The summed E-state index contributed by atoms with van der Waals surface area (Å²) in [5.74, 6) is -0.309. The highest BCUT2D eigenvalue weighted by Gasteiger charge is 2.33. The molecule has 2 aromatic carbocycles. The Morgan fingerprint density at radius 3 is 2.74 bits per heavy atom. The number of fused-ring (bicyclic) bond motifs is 1. The van der Waals surface area contributed by atoms with E-state index in [2.05, 4.69) is 20.2 Å². The van der Waals surface area contributed by atoms with E-state index in [-0.39, 0.29) is 31.2 Å². The molecule has 0 aliphatic carbocycles. The van der Waals surface area contributed by atoms with Crippen molar-refractivity contribution in [3.05, 3.63) is 76.2 Å². The summed E-state index contributed by atoms with van der Waals surface area (Å²) in [6, 6.07) is 13.7. The maximum atomic E-state index is 14.0. The number of aromatic nitrogens is 2. The number of thiazole rings is 1. The number of aliphatic hydroxyl groups is 1. The maximum absolute atomic E-state index is 14.0. The lowest BCUT2D eigenvalue weighted by molar-refractivity contribution is -0.0328. The predicted octanol–water partition coefficient (Wildman–Crippen LogP) is 2.89. The zero-order valence-electron chi connectivity index (χ0n) is 23.2. The number of hydrogen-bond acceptors (Lipinski definition) is 11. The summed E-state index contributed by atoms with van der Waals surface area (Å²) in [6.45, 7) is 4.29. The normalized spacial score (nSPS) is 16.0. The van der Waals surface area contributed by atoms with Crippen molar-refractivity contribution in [1.29, 1.82) is 0 Å². The molecular weight excluding hydrogens is 560 g/mol. The fourth-order valence-electron chi connectivity index (χ4n) is 4.92. The van der Waals surface area contributed by atoms with Crippen molar-refractivity contribution in [2.24, 2.45) is 0 Å². The van der Waals surface area contributed by atoms with Gasteiger partial charge >= 0.3 is 6.09 Å². The topological polar surface area (TPSA) is 156 Å². The number of carbonyl (C=O) groups excluding carboxylic acids is 2. The average molecular weight is 595 g/mol. The lowest BCUT2D eigenvalue weighted by Gasteiger charge is -2.41. The van der Waals surface area contributed by atoms with Crippen LogP contribution in [-0.2, 0) is 22.5 Å². The summed E-state index contributed by atoms with van der Waals surface area (Å²) in [7, 11) is 0. The second-order valence-electron chi connectivity index (χ2n) is 10.0. The van der Waals surface area contributed by atoms with Crippen LogP contribution in [-0.4, -0.2) is 88.0 Å². The number of rotatable bonds is 11. The highest BCUT2D eigenvalue weighted by atomic mass is 32.1. The molecule has 0 radical (unpaired) electrons. The molecule has 1 aliphatic rings. The molecule has 0 spiro atoms. The first-order valence-electron chi connectivity index (χ1n) is 13.7. The van der Waals surface area contributed by atoms with E-state index in [0.717, 1.165) is 10.4 Å². The molecule has 12 nitrogen and oxygen atoms in total. The van der Waals surface area contributed by atoms with Gasteiger partial charge in [0.15, 0.2) is 5.58 Å². The number of anilines is 1. The lowest BCUT2D eigenvalue weighted by atomic mass is 10.0. The van der Waals surface area contributed by atoms with Crippen molar-refractivity contribution < 1.29 is 28.6 Å². The molecule has 42 heavy (non-hydrogen) atoms. The largest absolute Gasteiger partial charge is 0.444 e. The van der Waals surface area contributed by atoms with Crippen molar-refractivity contribution in [2.75, 3.05) is 38.6 Å². The molecule has 1 fully saturated rings. The highest BCUT2D eigenvalue weighted by Crippen LogP contribution is 2.22. The number of amides is 2. The highest BCUT2D eigenvalue weighted by molar-refractivity contribution is 7.09. The standard InChI is InChI=1S/C29H34N6O6S/c1-19(34-9-11-39-12-10-34)35(27(37)21-7-8-23-26(14-21)41-28(30)32-23)16-25(36)24(13-20-5-3-2-4-6-20)33-29(38)40-17-22-15-31-18-42-22/h2-8,14-15,18-19,24-25,36H,9-13,16-17H2,1H3,(H2,30,32)(H,33,38)/t19?,24-,25?/m0/s1. The van der Waals surface area contributed by atoms with Crippen LogP contribution in [0.5, 0.6) is 0 Å². The number of nitrogens with two attached hydrogens (primary N) is 1. The van der Waals surface area contributed by atoms with E-state index in [1.54, 1.807) is 34.8 Å². The van der Waals surface area contributed by atoms with Crippen LogP contribution in [0, 0.1) is 0 Å². The molecule has 2 unspecified atom stereocenters. The third-order valence-electron chi connectivity index (χ3n) is 7.22. The first kappa shape index (κ1) is 29.5. The Morgan fingerprint density at radius 2 is 2.00 bits per heavy atom. The number of alkyl carbamates (subject to hydrolysis) is 1. The Morgan fingerprint density at radius 1 is 1.21 bits per heavy atom. The van der Waals surface area contributed by atoms with E-state index < -0.39 is 18.2 Å². The van der Waals surface area contributed by atoms with Gasteiger partial charge in [-0.25, -0.2) is 4.79 Å². The second kappa shape index (κ2) is 13.7. The molecule has 13 heteroatoms. The van der Waals surface area contributed by atoms with Gasteiger partial charge in [0.25, 0.3) is 11.9 Å². The Balaban J connectivity index is 1.37. The number of hydrogen-bond donors (Lipinski definition) is 3. The summed E-state index contributed by atoms with van der Waals surface area (Å²) in [5.41, 5.74) is 9.58. The number of nitrogens with one attached hydrogen (secondary N) is 1. The monoisotopic (exact) mass is 594 g/mol. The fraction of sp³-hybridized carbons (Fsp3) is 0.379. The van der Waals surface area contributed by atoms with Crippen LogP contribution in [0.1, 0.15) is 27.7 Å². The maximum Gasteiger partial charge on any atom is 0.407 e. The van der Waals surface area contributed by atoms with Gasteiger partial charge in [-0.15, -0.1) is 11.3 Å². The molecule has 1 aliphatic heterocycles. The van der Waals surface area contributed by atoms with Crippen LogP contribution in [0.25, 0.3) is 11.1 Å². The number of carbonyl (C=O) groups is 2. The van der Waals surface area contributed by atoms with Crippen LogP contribution >= 0.6 is 11.3 Å². The first-order chi connectivity index (χ1) is 20.4. The van der Waals surface area contributed by atoms with Gasteiger partial charge in [0, 0.05) is 24.8 Å². The van der Waals surface area contributed by atoms with Crippen LogP contribution in [0.15, 0.2) is 64.7 Å². The van der Waals surface area contributed by atoms with E-state index in [0.29, 0.717) is 49.4 Å². The van der Waals surface area contributed by atoms with Crippen LogP contribution in [0.4, 0.5) is 10.8 Å². The smallest absolute Gasteiger partial charge is 0.407 e. The molecule has 3 heterocycles. The summed E-state index contributed by atoms with van der Waals surface area (Å²) < 4.78 is 16.4. The Kier molecular flexibility index (Phi) is 9.64. The van der Waals surface area contributed by atoms with Gasteiger partial charge in [0.1, 0.15) is 12.1 Å². The molecule has 0 bridgehead atoms. The van der Waals surface area contributed by atoms with Crippen molar-refractivity contribution in [1.82, 2.24) is 25.1 Å². The van der Waals surface area contributed by atoms with Crippen molar-refractivity contribution in [3.63, 3.8) is 0 Å². The van der Waals surface area contributed by atoms with Crippen molar-refractivity contribution in [3.8, 4) is 0 Å². The summed E-state index contributed by atoms with van der Waals surface area (Å²) in [5, 5.41) is 14.4. The minimum Gasteiger partial charge on any atom is -0.444 e. The second-order valence-corrected chi connectivity index (χ2v) is 11.0. The number of ether oxygens (including phenoxy) is 2. The SMILES string of the molecule is CC(N1CCOCC1)N(CC(O)[C@H](Cc1ccccc1)NC(=O)OCc1cncs1)C(=O)c1ccc2nc(N)oc2c1. The number of oxazole rings is 1. The van der Waals surface area contributed by atoms with E-state index in [1.165, 1.54) is 11.3 Å². The molecule has 1 saturated heterocycles. The zero-order chi connectivity index (χ0) is 29.5. The van der Waals surface area contributed by atoms with E-state index in [4.69, 9.17) is 19.6 Å². The van der Waals surface area contributed by atoms with E-state index in [9.17, 15) is 14.7 Å². The number of aliphatic hydroxyl groups excluding tert-OH is 1. The zero-order valence-corrected chi connectivity index (χ0v) is 24.0. The van der Waals surface area contributed by atoms with Gasteiger partial charge < -0.3 is 34.9 Å². The van der Waals surface area contributed by atoms with Crippen LogP contribution in [0.3, 0.4) is 0 Å². The van der Waals surface area contributed by atoms with Gasteiger partial charge in [0.05, 0.1) is 48.5 Å². The molecule has 3 atom stereocenters. The van der Waals surface area contributed by atoms with Crippen molar-refractivity contribution in [2.45, 2.75) is 38.3 Å². The van der Waals surface area contributed by atoms with Gasteiger partial charge in [-0.1, -0.05) is 30.3 Å². The predicted molar refractivity (Wildman–Crippen MR) is 157 cm³/mol. The van der Waals surface area contributed by atoms with Gasteiger partial charge in [-0.05, 0) is 37.1 Å². The Hall–Kier alpha value is -4.04. The van der Waals surface area contributed by atoms with Crippen molar-refractivity contribution >= 4 is 40.5 Å². The average Bonchev–Trinajstić information content (AvgIpc) is 3.67.